The second-order valence-corrected chi connectivity index (χ2v) is 4.28. The third kappa shape index (κ3) is 3.42. The number of rotatable bonds is 2. The van der Waals surface area contributed by atoms with Gasteiger partial charge < -0.3 is 11.1 Å². The molecule has 0 heterocycles. The van der Waals surface area contributed by atoms with Crippen LogP contribution >= 0.6 is 12.2 Å². The van der Waals surface area contributed by atoms with Crippen molar-refractivity contribution in [3.05, 3.63) is 35.9 Å². The van der Waals surface area contributed by atoms with E-state index < -0.39 is 5.54 Å². The first-order valence-corrected chi connectivity index (χ1v) is 5.02. The first-order chi connectivity index (χ1) is 6.91. The molecule has 0 saturated heterocycles. The summed E-state index contributed by atoms with van der Waals surface area (Å²) in [5.41, 5.74) is 5.53. The average Bonchev–Trinajstić information content (AvgIpc) is 2.17. The highest BCUT2D eigenvalue weighted by molar-refractivity contribution is 7.80. The van der Waals surface area contributed by atoms with Crippen LogP contribution in [0.1, 0.15) is 19.4 Å². The number of hydrogen-bond donors (Lipinski definition) is 2. The van der Waals surface area contributed by atoms with Crippen molar-refractivity contribution in [2.24, 2.45) is 5.73 Å². The van der Waals surface area contributed by atoms with Gasteiger partial charge in [-0.05, 0) is 13.8 Å². The lowest BCUT2D eigenvalue weighted by atomic mass is 10.1. The van der Waals surface area contributed by atoms with Gasteiger partial charge in [-0.3, -0.25) is 4.79 Å². The van der Waals surface area contributed by atoms with Crippen molar-refractivity contribution >= 4 is 23.1 Å². The Hall–Kier alpha value is -1.26. The molecule has 0 bridgehead atoms. The first kappa shape index (κ1) is 11.8. The zero-order valence-electron chi connectivity index (χ0n) is 8.78. The fourth-order valence-electron chi connectivity index (χ4n) is 0.926. The smallest absolute Gasteiger partial charge is 0.244 e. The fraction of sp³-hybridized carbons (Fsp3) is 0.273. The molecule has 1 rings (SSSR count). The zero-order chi connectivity index (χ0) is 11.5. The molecule has 0 aliphatic rings. The van der Waals surface area contributed by atoms with Gasteiger partial charge in [-0.25, -0.2) is 0 Å². The third-order valence-corrected chi connectivity index (χ3v) is 2.19. The van der Waals surface area contributed by atoms with Crippen LogP contribution in [0.2, 0.25) is 0 Å². The van der Waals surface area contributed by atoms with E-state index in [2.05, 4.69) is 5.32 Å². The monoisotopic (exact) mass is 222 g/mol. The van der Waals surface area contributed by atoms with Crippen LogP contribution in [0.4, 0.5) is 0 Å². The molecule has 80 valence electrons. The molecule has 0 saturated carbocycles. The highest BCUT2D eigenvalue weighted by atomic mass is 32.1. The highest BCUT2D eigenvalue weighted by Gasteiger charge is 2.22. The van der Waals surface area contributed by atoms with Gasteiger partial charge in [0.15, 0.2) is 0 Å². The normalized spacial score (nSPS) is 10.9. The Labute approximate surface area is 94.7 Å². The standard InChI is InChI=1S/C11H14N2OS/c1-11(2,12)10(14)13-9(15)8-6-4-3-5-7-8/h3-7H,12H2,1-2H3,(H,13,14,15). The van der Waals surface area contributed by atoms with Crippen molar-refractivity contribution in [2.45, 2.75) is 19.4 Å². The zero-order valence-corrected chi connectivity index (χ0v) is 9.60. The topological polar surface area (TPSA) is 55.1 Å². The van der Waals surface area contributed by atoms with Gasteiger partial charge in [0.05, 0.1) is 5.54 Å². The van der Waals surface area contributed by atoms with E-state index in [9.17, 15) is 4.79 Å². The van der Waals surface area contributed by atoms with E-state index in [1.807, 2.05) is 30.3 Å². The Bertz CT molecular complexity index is 368. The Morgan fingerprint density at radius 1 is 1.33 bits per heavy atom. The highest BCUT2D eigenvalue weighted by Crippen LogP contribution is 2.02. The molecular formula is C11H14N2OS. The van der Waals surface area contributed by atoms with E-state index in [0.29, 0.717) is 4.99 Å². The number of thiocarbonyl (C=S) groups is 1. The van der Waals surface area contributed by atoms with Crippen LogP contribution in [0.25, 0.3) is 0 Å². The molecule has 3 nitrogen and oxygen atoms in total. The minimum Gasteiger partial charge on any atom is -0.318 e. The van der Waals surface area contributed by atoms with E-state index in [1.165, 1.54) is 0 Å². The van der Waals surface area contributed by atoms with Crippen LogP contribution in [0.15, 0.2) is 30.3 Å². The van der Waals surface area contributed by atoms with Crippen molar-refractivity contribution in [3.8, 4) is 0 Å². The van der Waals surface area contributed by atoms with Crippen LogP contribution in [0.3, 0.4) is 0 Å². The summed E-state index contributed by atoms with van der Waals surface area (Å²) in [7, 11) is 0. The van der Waals surface area contributed by atoms with Crippen molar-refractivity contribution in [1.82, 2.24) is 5.32 Å². The Kier molecular flexibility index (Phi) is 3.55. The third-order valence-electron chi connectivity index (χ3n) is 1.85. The summed E-state index contributed by atoms with van der Waals surface area (Å²) in [6.07, 6.45) is 0. The fourth-order valence-corrected chi connectivity index (χ4v) is 1.15. The number of nitrogens with two attached hydrogens (primary N) is 1. The van der Waals surface area contributed by atoms with E-state index in [1.54, 1.807) is 13.8 Å². The van der Waals surface area contributed by atoms with Crippen LogP contribution in [-0.4, -0.2) is 16.4 Å². The molecule has 0 aliphatic heterocycles. The summed E-state index contributed by atoms with van der Waals surface area (Å²) >= 11 is 5.08. The van der Waals surface area contributed by atoms with Crippen molar-refractivity contribution in [1.29, 1.82) is 0 Å². The molecular weight excluding hydrogens is 208 g/mol. The molecule has 3 N–H and O–H groups in total. The average molecular weight is 222 g/mol. The quantitative estimate of drug-likeness (QED) is 0.740. The lowest BCUT2D eigenvalue weighted by Crippen LogP contribution is -2.50. The SMILES string of the molecule is CC(C)(N)C(=O)NC(=S)c1ccccc1. The molecule has 0 spiro atoms. The summed E-state index contributed by atoms with van der Waals surface area (Å²) in [6, 6.07) is 9.29. The predicted molar refractivity (Wildman–Crippen MR) is 64.6 cm³/mol. The largest absolute Gasteiger partial charge is 0.318 e. The molecule has 4 heteroatoms. The maximum absolute atomic E-state index is 11.5. The minimum atomic E-state index is -0.918. The van der Waals surface area contributed by atoms with E-state index in [4.69, 9.17) is 18.0 Å². The van der Waals surface area contributed by atoms with Crippen molar-refractivity contribution in [3.63, 3.8) is 0 Å². The minimum absolute atomic E-state index is 0.281. The molecule has 1 aromatic carbocycles. The Morgan fingerprint density at radius 3 is 2.33 bits per heavy atom. The molecule has 1 aromatic rings. The Morgan fingerprint density at radius 2 is 1.87 bits per heavy atom. The number of hydrogen-bond acceptors (Lipinski definition) is 3. The lowest BCUT2D eigenvalue weighted by molar-refractivity contribution is -0.123. The van der Waals surface area contributed by atoms with Crippen LogP contribution in [-0.2, 0) is 4.79 Å². The van der Waals surface area contributed by atoms with Gasteiger partial charge in [-0.2, -0.15) is 0 Å². The lowest BCUT2D eigenvalue weighted by Gasteiger charge is -2.18. The van der Waals surface area contributed by atoms with E-state index in [-0.39, 0.29) is 5.91 Å². The summed E-state index contributed by atoms with van der Waals surface area (Å²) < 4.78 is 0. The second kappa shape index (κ2) is 4.51. The Balaban J connectivity index is 2.70. The summed E-state index contributed by atoms with van der Waals surface area (Å²) in [6.45, 7) is 3.27. The van der Waals surface area contributed by atoms with E-state index >= 15 is 0 Å². The second-order valence-electron chi connectivity index (χ2n) is 3.87. The number of carbonyl (C=O) groups excluding carboxylic acids is 1. The van der Waals surface area contributed by atoms with Gasteiger partial charge in [-0.15, -0.1) is 0 Å². The molecule has 0 fully saturated rings. The molecule has 0 aliphatic carbocycles. The maximum Gasteiger partial charge on any atom is 0.244 e. The molecule has 0 unspecified atom stereocenters. The summed E-state index contributed by atoms with van der Waals surface area (Å²) in [4.78, 5) is 11.9. The molecule has 1 amide bonds. The summed E-state index contributed by atoms with van der Waals surface area (Å²) in [5, 5.41) is 2.60. The van der Waals surface area contributed by atoms with Gasteiger partial charge in [0.1, 0.15) is 4.99 Å². The molecule has 0 radical (unpaired) electrons. The number of carbonyl (C=O) groups is 1. The number of nitrogens with one attached hydrogen (secondary N) is 1. The first-order valence-electron chi connectivity index (χ1n) is 4.61. The molecule has 15 heavy (non-hydrogen) atoms. The maximum atomic E-state index is 11.5. The van der Waals surface area contributed by atoms with Crippen molar-refractivity contribution in [2.75, 3.05) is 0 Å². The predicted octanol–water partition coefficient (Wildman–Crippen LogP) is 1.22. The van der Waals surface area contributed by atoms with Crippen molar-refractivity contribution < 1.29 is 4.79 Å². The van der Waals surface area contributed by atoms with Gasteiger partial charge >= 0.3 is 0 Å². The van der Waals surface area contributed by atoms with E-state index in [0.717, 1.165) is 5.56 Å². The summed E-state index contributed by atoms with van der Waals surface area (Å²) in [5.74, 6) is -0.281. The van der Waals surface area contributed by atoms with Gasteiger partial charge in [0.25, 0.3) is 0 Å². The van der Waals surface area contributed by atoms with Crippen LogP contribution < -0.4 is 11.1 Å². The molecule has 0 aromatic heterocycles. The number of amides is 1. The molecule has 0 atom stereocenters. The van der Waals surface area contributed by atoms with Crippen LogP contribution in [0.5, 0.6) is 0 Å². The number of benzene rings is 1. The van der Waals surface area contributed by atoms with Gasteiger partial charge in [0, 0.05) is 5.56 Å². The van der Waals surface area contributed by atoms with Crippen LogP contribution in [0, 0.1) is 0 Å². The van der Waals surface area contributed by atoms with Gasteiger partial charge in [-0.1, -0.05) is 42.5 Å². The van der Waals surface area contributed by atoms with Gasteiger partial charge in [0.2, 0.25) is 5.91 Å².